The van der Waals surface area contributed by atoms with Gasteiger partial charge in [-0.3, -0.25) is 0 Å². The van der Waals surface area contributed by atoms with Crippen molar-refractivity contribution in [2.45, 2.75) is 64.7 Å². The molecule has 0 aliphatic rings. The molecule has 0 aromatic carbocycles. The molecule has 0 saturated heterocycles. The summed E-state index contributed by atoms with van der Waals surface area (Å²) >= 11 is 0. The van der Waals surface area contributed by atoms with Gasteiger partial charge in [0.1, 0.15) is 5.94 Å². The van der Waals surface area contributed by atoms with Crippen LogP contribution in [-0.2, 0) is 4.79 Å². The summed E-state index contributed by atoms with van der Waals surface area (Å²) in [6.45, 7) is 2.24. The average molecular weight is 182 g/mol. The minimum Gasteiger partial charge on any atom is -0.234 e. The molecular formula is C12H22O. The van der Waals surface area contributed by atoms with Crippen molar-refractivity contribution in [1.82, 2.24) is 0 Å². The van der Waals surface area contributed by atoms with E-state index in [2.05, 4.69) is 6.92 Å². The molecule has 1 nitrogen and oxygen atoms in total. The van der Waals surface area contributed by atoms with E-state index in [4.69, 9.17) is 0 Å². The lowest BCUT2D eigenvalue weighted by atomic mass is 10.1. The Morgan fingerprint density at radius 2 is 1.46 bits per heavy atom. The van der Waals surface area contributed by atoms with Crippen molar-refractivity contribution >= 4 is 5.94 Å². The van der Waals surface area contributed by atoms with Crippen LogP contribution in [0.1, 0.15) is 64.7 Å². The minimum atomic E-state index is 0.915. The maximum absolute atomic E-state index is 9.83. The lowest BCUT2D eigenvalue weighted by Gasteiger charge is -1.99. The number of hydrogen-bond acceptors (Lipinski definition) is 1. The van der Waals surface area contributed by atoms with Crippen molar-refractivity contribution in [2.24, 2.45) is 0 Å². The van der Waals surface area contributed by atoms with E-state index < -0.39 is 0 Å². The van der Waals surface area contributed by atoms with E-state index in [1.54, 1.807) is 6.08 Å². The van der Waals surface area contributed by atoms with Crippen LogP contribution in [0.5, 0.6) is 0 Å². The predicted molar refractivity (Wildman–Crippen MR) is 57.5 cm³/mol. The van der Waals surface area contributed by atoms with Crippen LogP contribution in [-0.4, -0.2) is 5.94 Å². The molecular weight excluding hydrogens is 160 g/mol. The summed E-state index contributed by atoms with van der Waals surface area (Å²) in [6.07, 6.45) is 13.1. The second kappa shape index (κ2) is 11.4. The fourth-order valence-electron chi connectivity index (χ4n) is 1.44. The molecule has 0 N–H and O–H groups in total. The zero-order valence-electron chi connectivity index (χ0n) is 8.85. The standard InChI is InChI=1S/C12H22O/c1-2-3-4-5-6-7-8-9-10-11-12-13/h11H,2-10H2,1H3. The summed E-state index contributed by atoms with van der Waals surface area (Å²) in [6, 6.07) is 0. The Labute approximate surface area is 82.2 Å². The molecule has 0 unspecified atom stereocenters. The molecule has 13 heavy (non-hydrogen) atoms. The summed E-state index contributed by atoms with van der Waals surface area (Å²) in [5, 5.41) is 0. The third-order valence-electron chi connectivity index (χ3n) is 2.29. The van der Waals surface area contributed by atoms with Crippen molar-refractivity contribution in [3.8, 4) is 0 Å². The molecule has 0 aromatic rings. The lowest BCUT2D eigenvalue weighted by Crippen LogP contribution is -1.79. The fourth-order valence-corrected chi connectivity index (χ4v) is 1.44. The van der Waals surface area contributed by atoms with Gasteiger partial charge in [-0.2, -0.15) is 0 Å². The Hall–Kier alpha value is -0.550. The predicted octanol–water partition coefficient (Wildman–Crippen LogP) is 3.91. The fraction of sp³-hybridized carbons (Fsp3) is 0.833. The molecule has 0 aromatic heterocycles. The number of allylic oxidation sites excluding steroid dienone is 1. The van der Waals surface area contributed by atoms with Gasteiger partial charge >= 0.3 is 0 Å². The number of unbranched alkanes of at least 4 members (excludes halogenated alkanes) is 8. The van der Waals surface area contributed by atoms with E-state index in [0.717, 1.165) is 12.8 Å². The molecule has 0 fully saturated rings. The first-order valence-corrected chi connectivity index (χ1v) is 5.61. The quantitative estimate of drug-likeness (QED) is 0.390. The first-order chi connectivity index (χ1) is 6.41. The Balaban J connectivity index is 2.87. The normalized spacial score (nSPS) is 9.62. The third kappa shape index (κ3) is 11.5. The Bertz CT molecular complexity index is 134. The SMILES string of the molecule is CCCCCCCCCCC=C=O. The van der Waals surface area contributed by atoms with Crippen LogP contribution in [0, 0.1) is 0 Å². The topological polar surface area (TPSA) is 17.1 Å². The molecule has 0 spiro atoms. The molecule has 76 valence electrons. The van der Waals surface area contributed by atoms with Gasteiger partial charge in [-0.1, -0.05) is 51.9 Å². The van der Waals surface area contributed by atoms with Crippen molar-refractivity contribution < 1.29 is 4.79 Å². The van der Waals surface area contributed by atoms with E-state index in [0.29, 0.717) is 0 Å². The van der Waals surface area contributed by atoms with Crippen molar-refractivity contribution in [1.29, 1.82) is 0 Å². The number of carbonyl (C=O) groups excluding carboxylic acids is 1. The van der Waals surface area contributed by atoms with Gasteiger partial charge in [0, 0.05) is 0 Å². The highest BCUT2D eigenvalue weighted by molar-refractivity contribution is 5.44. The van der Waals surface area contributed by atoms with E-state index in [-0.39, 0.29) is 0 Å². The molecule has 0 amide bonds. The summed E-state index contributed by atoms with van der Waals surface area (Å²) in [5.74, 6) is 1.81. The molecule has 0 rings (SSSR count). The second-order valence-electron chi connectivity index (χ2n) is 3.59. The smallest absolute Gasteiger partial charge is 0.120 e. The maximum Gasteiger partial charge on any atom is 0.120 e. The van der Waals surface area contributed by atoms with Gasteiger partial charge in [-0.15, -0.1) is 0 Å². The van der Waals surface area contributed by atoms with E-state index in [1.807, 2.05) is 5.94 Å². The van der Waals surface area contributed by atoms with Gasteiger partial charge in [0.2, 0.25) is 0 Å². The first kappa shape index (κ1) is 12.4. The molecule has 0 heterocycles. The van der Waals surface area contributed by atoms with Gasteiger partial charge in [0.25, 0.3) is 0 Å². The van der Waals surface area contributed by atoms with Crippen LogP contribution in [0.2, 0.25) is 0 Å². The summed E-state index contributed by atoms with van der Waals surface area (Å²) in [5.41, 5.74) is 0. The number of hydrogen-bond donors (Lipinski definition) is 0. The Morgan fingerprint density at radius 3 is 2.00 bits per heavy atom. The zero-order valence-corrected chi connectivity index (χ0v) is 8.85. The molecule has 0 aliphatic carbocycles. The van der Waals surface area contributed by atoms with Gasteiger partial charge in [0.05, 0.1) is 0 Å². The van der Waals surface area contributed by atoms with Gasteiger partial charge in [-0.05, 0) is 18.9 Å². The largest absolute Gasteiger partial charge is 0.234 e. The van der Waals surface area contributed by atoms with Crippen LogP contribution >= 0.6 is 0 Å². The molecule has 0 bridgehead atoms. The Morgan fingerprint density at radius 1 is 0.923 bits per heavy atom. The molecule has 1 heteroatoms. The van der Waals surface area contributed by atoms with Crippen LogP contribution in [0.3, 0.4) is 0 Å². The first-order valence-electron chi connectivity index (χ1n) is 5.61. The van der Waals surface area contributed by atoms with Crippen molar-refractivity contribution in [3.63, 3.8) is 0 Å². The summed E-state index contributed by atoms with van der Waals surface area (Å²) < 4.78 is 0. The highest BCUT2D eigenvalue weighted by Gasteiger charge is 1.89. The van der Waals surface area contributed by atoms with Crippen molar-refractivity contribution in [3.05, 3.63) is 6.08 Å². The van der Waals surface area contributed by atoms with E-state index >= 15 is 0 Å². The molecule has 0 saturated carbocycles. The van der Waals surface area contributed by atoms with Gasteiger partial charge in [0.15, 0.2) is 0 Å². The monoisotopic (exact) mass is 182 g/mol. The summed E-state index contributed by atoms with van der Waals surface area (Å²) in [4.78, 5) is 9.83. The molecule has 0 aliphatic heterocycles. The molecule has 0 radical (unpaired) electrons. The maximum atomic E-state index is 9.83. The van der Waals surface area contributed by atoms with Crippen LogP contribution < -0.4 is 0 Å². The van der Waals surface area contributed by atoms with Crippen LogP contribution in [0.4, 0.5) is 0 Å². The lowest BCUT2D eigenvalue weighted by molar-refractivity contribution is 0.565. The van der Waals surface area contributed by atoms with Gasteiger partial charge in [-0.25, -0.2) is 4.79 Å². The molecule has 0 atom stereocenters. The second-order valence-corrected chi connectivity index (χ2v) is 3.59. The third-order valence-corrected chi connectivity index (χ3v) is 2.29. The van der Waals surface area contributed by atoms with Crippen LogP contribution in [0.15, 0.2) is 6.08 Å². The van der Waals surface area contributed by atoms with E-state index in [1.165, 1.54) is 44.9 Å². The van der Waals surface area contributed by atoms with Gasteiger partial charge < -0.3 is 0 Å². The van der Waals surface area contributed by atoms with Crippen molar-refractivity contribution in [2.75, 3.05) is 0 Å². The zero-order chi connectivity index (χ0) is 9.78. The van der Waals surface area contributed by atoms with E-state index in [9.17, 15) is 4.79 Å². The minimum absolute atomic E-state index is 0.915. The highest BCUT2D eigenvalue weighted by Crippen LogP contribution is 2.09. The number of rotatable bonds is 9. The summed E-state index contributed by atoms with van der Waals surface area (Å²) in [7, 11) is 0. The average Bonchev–Trinajstić information content (AvgIpc) is 2.16. The van der Waals surface area contributed by atoms with Crippen LogP contribution in [0.25, 0.3) is 0 Å². The highest BCUT2D eigenvalue weighted by atomic mass is 16.1. The Kier molecular flexibility index (Phi) is 11.0.